The van der Waals surface area contributed by atoms with Crippen molar-refractivity contribution < 1.29 is 27.5 Å². The number of imide groups is 1. The minimum atomic E-state index is -4.14. The van der Waals surface area contributed by atoms with Gasteiger partial charge in [0, 0.05) is 6.07 Å². The molecule has 1 heterocycles. The summed E-state index contributed by atoms with van der Waals surface area (Å²) in [4.78, 5) is 26.4. The Bertz CT molecular complexity index is 787. The van der Waals surface area contributed by atoms with Gasteiger partial charge in [0.25, 0.3) is 5.91 Å². The summed E-state index contributed by atoms with van der Waals surface area (Å²) in [6, 6.07) is 3.50. The highest BCUT2D eigenvalue weighted by molar-refractivity contribution is 7.94. The summed E-state index contributed by atoms with van der Waals surface area (Å²) in [7, 11) is -1.29. The number of methoxy groups -OCH3 is 2. The highest BCUT2D eigenvalue weighted by atomic mass is 32.2. The standard InChI is InChI=1S/C13H15N3O6S/c1-7-11(12(17)15-13(18)14-7)23(19,20)16-8-4-5-9(21-2)10(6-8)22-3/h4-6,11,16H,1-3H3,(H,15,17,18). The van der Waals surface area contributed by atoms with E-state index in [9.17, 15) is 18.0 Å². The van der Waals surface area contributed by atoms with Crippen LogP contribution in [0.1, 0.15) is 6.92 Å². The van der Waals surface area contributed by atoms with Gasteiger partial charge in [-0.05, 0) is 19.1 Å². The van der Waals surface area contributed by atoms with E-state index < -0.39 is 27.2 Å². The molecule has 0 radical (unpaired) electrons. The maximum Gasteiger partial charge on any atom is 0.347 e. The number of amides is 3. The maximum absolute atomic E-state index is 12.4. The molecule has 3 amide bonds. The summed E-state index contributed by atoms with van der Waals surface area (Å²) in [6.07, 6.45) is 0. The molecule has 1 aromatic carbocycles. The monoisotopic (exact) mass is 341 g/mol. The minimum Gasteiger partial charge on any atom is -0.493 e. The highest BCUT2D eigenvalue weighted by Gasteiger charge is 2.39. The highest BCUT2D eigenvalue weighted by Crippen LogP contribution is 2.30. The number of hydrogen-bond acceptors (Lipinski definition) is 6. The number of aliphatic imine (C=N–C) groups is 1. The molecule has 124 valence electrons. The van der Waals surface area contributed by atoms with Gasteiger partial charge in [-0.25, -0.2) is 18.2 Å². The second-order valence-electron chi connectivity index (χ2n) is 4.64. The molecular formula is C13H15N3O6S. The number of ether oxygens (including phenoxy) is 2. The van der Waals surface area contributed by atoms with Gasteiger partial charge in [0.15, 0.2) is 16.7 Å². The molecule has 0 aliphatic carbocycles. The van der Waals surface area contributed by atoms with E-state index in [1.807, 2.05) is 5.32 Å². The van der Waals surface area contributed by atoms with Gasteiger partial charge in [0.2, 0.25) is 10.0 Å². The lowest BCUT2D eigenvalue weighted by atomic mass is 10.2. The molecule has 2 rings (SSSR count). The number of nitrogens with one attached hydrogen (secondary N) is 2. The number of urea groups is 1. The van der Waals surface area contributed by atoms with Gasteiger partial charge in [-0.15, -0.1) is 0 Å². The molecule has 23 heavy (non-hydrogen) atoms. The Morgan fingerprint density at radius 2 is 1.83 bits per heavy atom. The van der Waals surface area contributed by atoms with Crippen molar-refractivity contribution in [3.05, 3.63) is 18.2 Å². The van der Waals surface area contributed by atoms with Crippen LogP contribution in [0.15, 0.2) is 23.2 Å². The molecule has 0 fully saturated rings. The zero-order valence-electron chi connectivity index (χ0n) is 12.6. The van der Waals surface area contributed by atoms with Gasteiger partial charge < -0.3 is 9.47 Å². The van der Waals surface area contributed by atoms with Crippen molar-refractivity contribution in [3.8, 4) is 11.5 Å². The molecule has 0 aromatic heterocycles. The molecule has 0 saturated heterocycles. The first-order valence-electron chi connectivity index (χ1n) is 6.42. The zero-order chi connectivity index (χ0) is 17.2. The van der Waals surface area contributed by atoms with Crippen molar-refractivity contribution in [2.45, 2.75) is 12.2 Å². The van der Waals surface area contributed by atoms with Gasteiger partial charge >= 0.3 is 6.03 Å². The number of carbonyl (C=O) groups excluding carboxylic acids is 2. The molecule has 9 nitrogen and oxygen atoms in total. The van der Waals surface area contributed by atoms with Crippen molar-refractivity contribution >= 4 is 33.4 Å². The van der Waals surface area contributed by atoms with Crippen LogP contribution in [0, 0.1) is 0 Å². The maximum atomic E-state index is 12.4. The number of benzene rings is 1. The van der Waals surface area contributed by atoms with E-state index >= 15 is 0 Å². The van der Waals surface area contributed by atoms with Crippen LogP contribution in [0.4, 0.5) is 10.5 Å². The first kappa shape index (κ1) is 16.7. The van der Waals surface area contributed by atoms with E-state index in [1.54, 1.807) is 0 Å². The van der Waals surface area contributed by atoms with E-state index in [4.69, 9.17) is 9.47 Å². The molecule has 1 aromatic rings. The lowest BCUT2D eigenvalue weighted by Crippen LogP contribution is -2.51. The Morgan fingerprint density at radius 1 is 1.17 bits per heavy atom. The number of anilines is 1. The van der Waals surface area contributed by atoms with Crippen LogP contribution in [-0.4, -0.2) is 45.5 Å². The summed E-state index contributed by atoms with van der Waals surface area (Å²) >= 11 is 0. The predicted octanol–water partition coefficient (Wildman–Crippen LogP) is 0.525. The van der Waals surface area contributed by atoms with Crippen molar-refractivity contribution in [2.75, 3.05) is 18.9 Å². The number of hydrogen-bond donors (Lipinski definition) is 2. The first-order chi connectivity index (χ1) is 10.8. The second kappa shape index (κ2) is 6.24. The third kappa shape index (κ3) is 3.42. The summed E-state index contributed by atoms with van der Waals surface area (Å²) in [6.45, 7) is 1.30. The van der Waals surface area contributed by atoms with E-state index in [0.29, 0.717) is 11.5 Å². The van der Waals surface area contributed by atoms with Crippen LogP contribution in [0.5, 0.6) is 11.5 Å². The van der Waals surface area contributed by atoms with Crippen molar-refractivity contribution in [1.29, 1.82) is 0 Å². The van der Waals surface area contributed by atoms with Crippen LogP contribution in [0.3, 0.4) is 0 Å². The second-order valence-corrected chi connectivity index (χ2v) is 6.41. The van der Waals surface area contributed by atoms with E-state index in [-0.39, 0.29) is 11.4 Å². The minimum absolute atomic E-state index is 0.105. The normalized spacial score (nSPS) is 18.0. The van der Waals surface area contributed by atoms with Crippen molar-refractivity contribution in [3.63, 3.8) is 0 Å². The molecule has 0 bridgehead atoms. The van der Waals surface area contributed by atoms with Crippen molar-refractivity contribution in [1.82, 2.24) is 5.32 Å². The number of nitrogens with zero attached hydrogens (tertiary/aromatic N) is 1. The lowest BCUT2D eigenvalue weighted by Gasteiger charge is -2.20. The van der Waals surface area contributed by atoms with Gasteiger partial charge in [-0.1, -0.05) is 0 Å². The fourth-order valence-corrected chi connectivity index (χ4v) is 3.51. The average Bonchev–Trinajstić information content (AvgIpc) is 2.45. The van der Waals surface area contributed by atoms with E-state index in [2.05, 4.69) is 9.71 Å². The third-order valence-electron chi connectivity index (χ3n) is 3.08. The topological polar surface area (TPSA) is 123 Å². The molecule has 1 unspecified atom stereocenters. The van der Waals surface area contributed by atoms with Crippen LogP contribution in [0.2, 0.25) is 0 Å². The Labute approximate surface area is 132 Å². The Kier molecular flexibility index (Phi) is 4.55. The largest absolute Gasteiger partial charge is 0.493 e. The quantitative estimate of drug-likeness (QED) is 0.805. The molecule has 2 N–H and O–H groups in total. The van der Waals surface area contributed by atoms with Crippen molar-refractivity contribution in [2.24, 2.45) is 4.99 Å². The number of sulfonamides is 1. The van der Waals surface area contributed by atoms with Gasteiger partial charge in [-0.2, -0.15) is 0 Å². The summed E-state index contributed by atoms with van der Waals surface area (Å²) < 4.78 is 37.2. The SMILES string of the molecule is COc1ccc(NS(=O)(=O)C2C(=O)NC(=O)N=C2C)cc1OC. The van der Waals surface area contributed by atoms with Crippen LogP contribution >= 0.6 is 0 Å². The number of rotatable bonds is 5. The lowest BCUT2D eigenvalue weighted by molar-refractivity contribution is -0.118. The third-order valence-corrected chi connectivity index (χ3v) is 4.78. The molecule has 1 atom stereocenters. The summed E-state index contributed by atoms with van der Waals surface area (Å²) in [5, 5.41) is 0.274. The average molecular weight is 341 g/mol. The molecule has 0 spiro atoms. The fraction of sp³-hybridized carbons (Fsp3) is 0.308. The summed E-state index contributed by atoms with van der Waals surface area (Å²) in [5.74, 6) is -0.203. The van der Waals surface area contributed by atoms with Crippen LogP contribution in [0.25, 0.3) is 0 Å². The first-order valence-corrected chi connectivity index (χ1v) is 7.97. The molecule has 10 heteroatoms. The molecular weight excluding hydrogens is 326 g/mol. The Hall–Kier alpha value is -2.62. The fourth-order valence-electron chi connectivity index (χ4n) is 2.10. The Morgan fingerprint density at radius 3 is 2.39 bits per heavy atom. The molecule has 1 aliphatic rings. The number of carbonyl (C=O) groups is 2. The zero-order valence-corrected chi connectivity index (χ0v) is 13.4. The Balaban J connectivity index is 2.33. The summed E-state index contributed by atoms with van der Waals surface area (Å²) in [5.41, 5.74) is 0.0758. The molecule has 0 saturated carbocycles. The predicted molar refractivity (Wildman–Crippen MR) is 82.5 cm³/mol. The van der Waals surface area contributed by atoms with Crippen LogP contribution in [-0.2, 0) is 14.8 Å². The van der Waals surface area contributed by atoms with E-state index in [0.717, 1.165) is 0 Å². The van der Waals surface area contributed by atoms with E-state index in [1.165, 1.54) is 39.3 Å². The molecule has 1 aliphatic heterocycles. The van der Waals surface area contributed by atoms with Gasteiger partial charge in [0.05, 0.1) is 25.6 Å². The van der Waals surface area contributed by atoms with Gasteiger partial charge in [0.1, 0.15) is 0 Å². The van der Waals surface area contributed by atoms with Crippen LogP contribution < -0.4 is 19.5 Å². The van der Waals surface area contributed by atoms with Gasteiger partial charge in [-0.3, -0.25) is 14.8 Å². The smallest absolute Gasteiger partial charge is 0.347 e.